The molecule has 7 rings (SSSR count). The maximum atomic E-state index is 14.0. The van der Waals surface area contributed by atoms with E-state index in [1.54, 1.807) is 17.0 Å². The molecule has 3 heterocycles. The third-order valence-electron chi connectivity index (χ3n) is 8.13. The van der Waals surface area contributed by atoms with Crippen LogP contribution in [0.3, 0.4) is 0 Å². The summed E-state index contributed by atoms with van der Waals surface area (Å²) in [6, 6.07) is 5.64. The molecule has 3 aliphatic carbocycles. The van der Waals surface area contributed by atoms with Gasteiger partial charge in [-0.3, -0.25) is 4.79 Å². The molecule has 0 spiro atoms. The number of amides is 1. The number of nitrogens with zero attached hydrogens (tertiary/aromatic N) is 2. The van der Waals surface area contributed by atoms with Crippen molar-refractivity contribution >= 4 is 48.1 Å². The number of rotatable bonds is 6. The van der Waals surface area contributed by atoms with Crippen molar-refractivity contribution in [2.75, 3.05) is 11.6 Å². The Morgan fingerprint density at radius 1 is 1.18 bits per heavy atom. The van der Waals surface area contributed by atoms with E-state index in [1.807, 2.05) is 0 Å². The van der Waals surface area contributed by atoms with Crippen molar-refractivity contribution in [1.29, 1.82) is 0 Å². The van der Waals surface area contributed by atoms with Gasteiger partial charge in [-0.1, -0.05) is 12.1 Å². The second-order valence-corrected chi connectivity index (χ2v) is 14.8. The van der Waals surface area contributed by atoms with E-state index in [1.165, 1.54) is 17.5 Å². The Bertz CT molecular complexity index is 1620. The highest BCUT2D eigenvalue weighted by Gasteiger charge is 2.54. The smallest absolute Gasteiger partial charge is 0.287 e. The fourth-order valence-electron chi connectivity index (χ4n) is 6.48. The van der Waals surface area contributed by atoms with Crippen LogP contribution in [0, 0.1) is 23.6 Å². The first-order valence-electron chi connectivity index (χ1n) is 12.6. The minimum atomic E-state index is -4.32. The molecule has 2 aromatic rings. The first-order chi connectivity index (χ1) is 18.4. The molecule has 208 valence electrons. The van der Waals surface area contributed by atoms with Crippen molar-refractivity contribution in [3.63, 3.8) is 0 Å². The van der Waals surface area contributed by atoms with Crippen LogP contribution in [0.4, 0.5) is 9.39 Å². The number of hydrogen-bond donors (Lipinski definition) is 3. The molecule has 3 fully saturated rings. The van der Waals surface area contributed by atoms with E-state index in [9.17, 15) is 31.1 Å². The number of aliphatic hydroxyl groups excluding tert-OH is 1. The summed E-state index contributed by atoms with van der Waals surface area (Å²) in [5.74, 6) is -1.32. The van der Waals surface area contributed by atoms with Crippen LogP contribution < -0.4 is 10.0 Å². The van der Waals surface area contributed by atoms with Crippen LogP contribution >= 0.6 is 11.3 Å². The van der Waals surface area contributed by atoms with Crippen molar-refractivity contribution in [2.24, 2.45) is 22.2 Å². The number of benzene rings is 1. The Labute approximate surface area is 229 Å². The van der Waals surface area contributed by atoms with Gasteiger partial charge in [-0.25, -0.2) is 17.5 Å². The van der Waals surface area contributed by atoms with Crippen LogP contribution in [-0.2, 0) is 37.9 Å². The van der Waals surface area contributed by atoms with Crippen LogP contribution in [0.2, 0.25) is 0 Å². The van der Waals surface area contributed by atoms with Gasteiger partial charge in [0.25, 0.3) is 15.9 Å². The van der Waals surface area contributed by atoms with Crippen LogP contribution in [0.25, 0.3) is 0 Å². The van der Waals surface area contributed by atoms with Gasteiger partial charge in [0.1, 0.15) is 27.0 Å². The molecular weight excluding hydrogens is 567 g/mol. The molecule has 2 aliphatic heterocycles. The SMILES string of the molecule is CS(=O)(=O)NCc1csc2c1S(=O)(=O)N=C(C1=C(O)[C@@H]3C4CCC(CC4)[C@@H]3N(Cc3ccc(F)cc3)C1=O)N2. The number of aliphatic hydroxyl groups is 1. The minimum Gasteiger partial charge on any atom is -0.511 e. The van der Waals surface area contributed by atoms with Gasteiger partial charge >= 0.3 is 0 Å². The number of carbonyl (C=O) groups is 1. The molecule has 3 N–H and O–H groups in total. The highest BCUT2D eigenvalue weighted by molar-refractivity contribution is 7.91. The molecule has 14 heteroatoms. The first kappa shape index (κ1) is 26.4. The first-order valence-corrected chi connectivity index (χ1v) is 16.8. The zero-order valence-electron chi connectivity index (χ0n) is 20.9. The largest absolute Gasteiger partial charge is 0.511 e. The van der Waals surface area contributed by atoms with Gasteiger partial charge in [-0.2, -0.15) is 8.42 Å². The number of carbonyl (C=O) groups excluding carboxylic acids is 1. The average Bonchev–Trinajstić information content (AvgIpc) is 3.30. The average molecular weight is 595 g/mol. The zero-order valence-corrected chi connectivity index (χ0v) is 23.4. The fourth-order valence-corrected chi connectivity index (χ4v) is 9.50. The molecule has 5 aliphatic rings. The Balaban J connectivity index is 1.40. The summed E-state index contributed by atoms with van der Waals surface area (Å²) >= 11 is 1.04. The van der Waals surface area contributed by atoms with Crippen molar-refractivity contribution < 1.29 is 31.1 Å². The molecule has 1 aromatic heterocycles. The minimum absolute atomic E-state index is 0.143. The number of hydrogen-bond acceptors (Lipinski definition) is 8. The van der Waals surface area contributed by atoms with Crippen LogP contribution in [0.15, 0.2) is 50.3 Å². The Morgan fingerprint density at radius 3 is 2.51 bits per heavy atom. The molecule has 10 nitrogen and oxygen atoms in total. The number of anilines is 1. The quantitative estimate of drug-likeness (QED) is 0.466. The number of fused-ring (bicyclic) bond motifs is 3. The van der Waals surface area contributed by atoms with E-state index < -0.39 is 26.0 Å². The predicted octanol–water partition coefficient (Wildman–Crippen LogP) is 3.11. The topological polar surface area (TPSA) is 145 Å². The second-order valence-electron chi connectivity index (χ2n) is 10.6. The van der Waals surface area contributed by atoms with Crippen LogP contribution in [0.5, 0.6) is 0 Å². The summed E-state index contributed by atoms with van der Waals surface area (Å²) in [4.78, 5) is 15.6. The van der Waals surface area contributed by atoms with Crippen LogP contribution in [-0.4, -0.2) is 50.9 Å². The fraction of sp³-hybridized carbons (Fsp3) is 0.440. The summed E-state index contributed by atoms with van der Waals surface area (Å²) < 4.78 is 69.4. The van der Waals surface area contributed by atoms with Crippen molar-refractivity contribution in [1.82, 2.24) is 9.62 Å². The Morgan fingerprint density at radius 2 is 1.85 bits per heavy atom. The zero-order chi connectivity index (χ0) is 27.7. The highest BCUT2D eigenvalue weighted by Crippen LogP contribution is 2.52. The molecular formula is C25H27FN4O6S3. The van der Waals surface area contributed by atoms with Crippen molar-refractivity contribution in [3.05, 3.63) is 57.9 Å². The van der Waals surface area contributed by atoms with E-state index in [2.05, 4.69) is 14.4 Å². The van der Waals surface area contributed by atoms with Crippen molar-refractivity contribution in [2.45, 2.75) is 49.7 Å². The second kappa shape index (κ2) is 9.39. The number of nitrogens with one attached hydrogen (secondary N) is 2. The van der Waals surface area contributed by atoms with Gasteiger partial charge in [0.05, 0.1) is 6.26 Å². The lowest BCUT2D eigenvalue weighted by molar-refractivity contribution is -0.140. The van der Waals surface area contributed by atoms with E-state index in [0.29, 0.717) is 0 Å². The summed E-state index contributed by atoms with van der Waals surface area (Å²) in [6.45, 7) is -0.0482. The number of halogens is 1. The van der Waals surface area contributed by atoms with Crippen LogP contribution in [0.1, 0.15) is 36.8 Å². The van der Waals surface area contributed by atoms with E-state index in [4.69, 9.17) is 0 Å². The molecule has 0 radical (unpaired) electrons. The molecule has 1 amide bonds. The van der Waals surface area contributed by atoms with Gasteiger partial charge in [0, 0.05) is 30.6 Å². The van der Waals surface area contributed by atoms with Gasteiger partial charge in [0.15, 0.2) is 5.84 Å². The predicted molar refractivity (Wildman–Crippen MR) is 144 cm³/mol. The normalized spacial score (nSPS) is 27.6. The van der Waals surface area contributed by atoms with Gasteiger partial charge in [-0.15, -0.1) is 15.7 Å². The molecule has 0 unspecified atom stereocenters. The summed E-state index contributed by atoms with van der Waals surface area (Å²) in [6.07, 6.45) is 4.68. The number of sulfonamides is 2. The monoisotopic (exact) mass is 594 g/mol. The standard InChI is InChI=1S/C25H27FN4O6S3/c1-38(33,34)27-10-16-12-37-24-22(16)39(35,36)29-23(28-24)19-21(31)18-14-4-6-15(7-5-14)20(18)30(25(19)32)11-13-2-8-17(26)9-3-13/h2-3,8-9,12,14-15,18,20,27,31H,4-7,10-11H2,1H3,(H,28,29)/t14?,15?,18-,20+/m1/s1. The maximum absolute atomic E-state index is 14.0. The summed E-state index contributed by atoms with van der Waals surface area (Å²) in [5.41, 5.74) is 0.774. The van der Waals surface area contributed by atoms with E-state index in [-0.39, 0.29) is 75.3 Å². The molecule has 39 heavy (non-hydrogen) atoms. The van der Waals surface area contributed by atoms with Crippen molar-refractivity contribution in [3.8, 4) is 0 Å². The van der Waals surface area contributed by atoms with Gasteiger partial charge in [0.2, 0.25) is 10.0 Å². The molecule has 0 saturated heterocycles. The molecule has 2 bridgehead atoms. The Hall–Kier alpha value is -2.81. The third-order valence-corrected chi connectivity index (χ3v) is 11.3. The lowest BCUT2D eigenvalue weighted by atomic mass is 9.59. The van der Waals surface area contributed by atoms with E-state index >= 15 is 0 Å². The lowest BCUT2D eigenvalue weighted by Crippen LogP contribution is -2.60. The summed E-state index contributed by atoms with van der Waals surface area (Å²) in [5, 5.41) is 16.2. The summed E-state index contributed by atoms with van der Waals surface area (Å²) in [7, 11) is -7.88. The highest BCUT2D eigenvalue weighted by atomic mass is 32.2. The molecule has 2 atom stereocenters. The molecule has 1 aromatic carbocycles. The molecule has 3 saturated carbocycles. The van der Waals surface area contributed by atoms with Gasteiger partial charge in [-0.05, 0) is 60.6 Å². The number of amidine groups is 1. The Kier molecular flexibility index (Phi) is 6.36. The van der Waals surface area contributed by atoms with E-state index in [0.717, 1.165) is 48.8 Å². The maximum Gasteiger partial charge on any atom is 0.287 e. The lowest BCUT2D eigenvalue weighted by Gasteiger charge is -2.54. The third kappa shape index (κ3) is 4.66. The number of thiophene rings is 1. The van der Waals surface area contributed by atoms with Gasteiger partial charge < -0.3 is 15.3 Å².